The smallest absolute Gasteiger partial charge is 2.00 e. The molecule has 0 bridgehead atoms. The Morgan fingerprint density at radius 3 is 0.432 bits per heavy atom. The number of nitrogens with zero attached hydrogens (tertiary/aromatic N) is 12. The third-order valence-electron chi connectivity index (χ3n) is 16.4. The number of hydrogen-bond acceptors (Lipinski definition) is 6. The Morgan fingerprint density at radius 2 is 0.330 bits per heavy atom. The molecule has 0 amide bonds. The van der Waals surface area contributed by atoms with Gasteiger partial charge in [0.15, 0.2) is 0 Å². The van der Waals surface area contributed by atoms with Gasteiger partial charge < -0.3 is 70.8 Å². The first-order valence-corrected chi connectivity index (χ1v) is 48.1. The fourth-order valence-electron chi connectivity index (χ4n) is 11.3. The Kier molecular flexibility index (Phi) is 32.4. The largest absolute Gasteiger partial charge is 4.00 e. The Bertz CT molecular complexity index is 2490. The molecule has 2 heterocycles. The van der Waals surface area contributed by atoms with Crippen molar-refractivity contribution < 1.29 is 62.2 Å². The quantitative estimate of drug-likeness (QED) is 0.0793. The van der Waals surface area contributed by atoms with Crippen LogP contribution in [0, 0.1) is 69.2 Å². The van der Waals surface area contributed by atoms with Gasteiger partial charge in [-0.1, -0.05) is 296 Å². The summed E-state index contributed by atoms with van der Waals surface area (Å²) in [5.41, 5.74) is 7.85. The van der Waals surface area contributed by atoms with Gasteiger partial charge in [-0.25, -0.2) is 0 Å². The molecule has 0 unspecified atom stereocenters. The van der Waals surface area contributed by atoms with E-state index in [9.17, 15) is 0 Å². The molecule has 9 rings (SSSR count). The Hall–Kier alpha value is -3.14. The van der Waals surface area contributed by atoms with Crippen LogP contribution in [-0.2, 0) is 13.5 Å². The monoisotopic (exact) mass is 1750 g/mol. The van der Waals surface area contributed by atoms with Gasteiger partial charge in [0.05, 0.1) is 0 Å². The fourth-order valence-corrected chi connectivity index (χ4v) is 24.6. The van der Waals surface area contributed by atoms with Crippen LogP contribution in [0.2, 0.25) is 78.6 Å². The van der Waals surface area contributed by atoms with Crippen LogP contribution in [0.4, 0.5) is 34.1 Å². The van der Waals surface area contributed by atoms with E-state index in [1.165, 1.54) is 5.56 Å². The van der Waals surface area contributed by atoms with E-state index in [-0.39, 0.29) is 75.7 Å². The molecule has 21 heteroatoms. The van der Waals surface area contributed by atoms with E-state index in [4.69, 9.17) is 29.9 Å². The second-order valence-corrected chi connectivity index (χ2v) is 48.3. The van der Waals surface area contributed by atoms with Crippen LogP contribution in [0.25, 0.3) is 29.9 Å². The predicted octanol–water partition coefficient (Wildman–Crippen LogP) is 18.2. The minimum absolute atomic E-state index is 0. The SMILES string of the molecule is C[Si](C)([N-]c1ccccc1)N1CCN([Si](C)(C)[N-]c2ccccc2)CCN([Si](C)(C)[N-]c2ccccc2)CC1.C[Si](C)([N-]c1ccccc1)N1CCN([Si](C)(C)[N-]c2ccccc2)CCN([Si](C)(C)[N-]c2ccccc2)CC1.Cc1ccccc1.[S-2].[U+4].[U+4]. The molecule has 2 fully saturated rings. The molecule has 0 spiro atoms. The van der Waals surface area contributed by atoms with Gasteiger partial charge in [0.1, 0.15) is 0 Å². The predicted molar refractivity (Wildman–Crippen MR) is 390 cm³/mol. The van der Waals surface area contributed by atoms with Crippen molar-refractivity contribution in [3.63, 3.8) is 0 Å². The summed E-state index contributed by atoms with van der Waals surface area (Å²) in [4.78, 5) is 32.0. The summed E-state index contributed by atoms with van der Waals surface area (Å²) >= 11 is 0. The van der Waals surface area contributed by atoms with E-state index in [0.717, 1.165) is 113 Å². The molecule has 88 heavy (non-hydrogen) atoms. The summed E-state index contributed by atoms with van der Waals surface area (Å²) in [6.07, 6.45) is 0. The maximum Gasteiger partial charge on any atom is 4.00 e. The normalized spacial score (nSPS) is 15.8. The van der Waals surface area contributed by atoms with Crippen LogP contribution in [-0.4, -0.2) is 156 Å². The third-order valence-corrected chi connectivity index (χ3v) is 33.2. The van der Waals surface area contributed by atoms with Crippen LogP contribution in [0.3, 0.4) is 0 Å². The molecule has 0 aromatic heterocycles. The summed E-state index contributed by atoms with van der Waals surface area (Å²) in [6.45, 7) is 42.9. The van der Waals surface area contributed by atoms with Crippen molar-refractivity contribution in [1.82, 2.24) is 27.4 Å². The number of rotatable bonds is 18. The van der Waals surface area contributed by atoms with Crippen LogP contribution < -0.4 is 0 Å². The Labute approximate surface area is 593 Å². The zero-order valence-corrected chi connectivity index (χ0v) is 70.1. The van der Waals surface area contributed by atoms with Crippen molar-refractivity contribution in [3.05, 3.63) is 248 Å². The van der Waals surface area contributed by atoms with Gasteiger partial charge in [0.25, 0.3) is 0 Å². The molecule has 0 atom stereocenters. The summed E-state index contributed by atoms with van der Waals surface area (Å²) < 4.78 is 16.2. The Morgan fingerprint density at radius 1 is 0.216 bits per heavy atom. The first-order valence-electron chi connectivity index (χ1n) is 30.7. The molecule has 7 aromatic carbocycles. The van der Waals surface area contributed by atoms with Crippen LogP contribution in [0.5, 0.6) is 0 Å². The minimum Gasteiger partial charge on any atom is -2.00 e. The zero-order chi connectivity index (χ0) is 61.0. The van der Waals surface area contributed by atoms with Gasteiger partial charge in [-0.2, -0.15) is 0 Å². The van der Waals surface area contributed by atoms with E-state index in [0.29, 0.717) is 0 Å². The molecule has 2 aliphatic rings. The van der Waals surface area contributed by atoms with Crippen molar-refractivity contribution >= 4 is 98.0 Å². The van der Waals surface area contributed by atoms with Crippen molar-refractivity contribution in [2.75, 3.05) is 78.5 Å². The molecule has 0 aliphatic carbocycles. The maximum absolute atomic E-state index is 5.33. The van der Waals surface area contributed by atoms with Crippen molar-refractivity contribution in [1.29, 1.82) is 0 Å². The molecule has 464 valence electrons. The van der Waals surface area contributed by atoms with Gasteiger partial charge in [-0.05, 0) is 6.92 Å². The topological polar surface area (TPSA) is 104 Å². The third kappa shape index (κ3) is 25.1. The van der Waals surface area contributed by atoms with E-state index in [2.05, 4.69) is 307 Å². The van der Waals surface area contributed by atoms with Crippen molar-refractivity contribution in [3.8, 4) is 0 Å². The maximum atomic E-state index is 5.33. The second kappa shape index (κ2) is 36.9. The van der Waals surface area contributed by atoms with Crippen LogP contribution in [0.1, 0.15) is 5.56 Å². The van der Waals surface area contributed by atoms with Gasteiger partial charge in [-0.3, -0.25) is 0 Å². The minimum atomic E-state index is -2.07. The average molecular weight is 1750 g/mol. The molecular formula is C67H98N12SSi6U2. The fraction of sp³-hybridized carbons (Fsp3) is 0.373. The average Bonchev–Trinajstić information content (AvgIpc) is 3.95. The number of hydrogen-bond donors (Lipinski definition) is 0. The first kappa shape index (κ1) is 77.3. The molecule has 0 N–H and O–H groups in total. The van der Waals surface area contributed by atoms with E-state index >= 15 is 0 Å². The second-order valence-electron chi connectivity index (χ2n) is 25.2. The summed E-state index contributed by atoms with van der Waals surface area (Å²) in [5, 5.41) is 0. The summed E-state index contributed by atoms with van der Waals surface area (Å²) in [5.74, 6) is 0. The van der Waals surface area contributed by atoms with E-state index < -0.39 is 50.4 Å². The molecule has 2 saturated heterocycles. The Balaban J connectivity index is 0.000000328. The first-order chi connectivity index (χ1) is 40.5. The molecule has 7 aromatic rings. The summed E-state index contributed by atoms with van der Waals surface area (Å²) in [6, 6.07) is 73.3. The summed E-state index contributed by atoms with van der Waals surface area (Å²) in [7, 11) is -12.4. The van der Waals surface area contributed by atoms with Gasteiger partial charge >= 0.3 is 62.2 Å². The van der Waals surface area contributed by atoms with Gasteiger partial charge in [0, 0.05) is 129 Å². The molecular weight excluding hydrogens is 1650 g/mol. The standard InChI is InChI=1S/2C30H45N6Si3.C7H8.S.2U/c2*1-37(2,31-28-16-10-7-11-17-28)34-22-24-35(38(3,4)32-29-18-12-8-13-19-29)26-27-36(25-23-34)39(5,6)33-30-20-14-9-15-21-30;1-7-5-3-2-4-6-7;;;/h2*7-21H,22-27H2,1-6H3;2-6H,1H3;;;/q2*-3;;-2;2*+4. The van der Waals surface area contributed by atoms with Gasteiger partial charge in [0.2, 0.25) is 0 Å². The van der Waals surface area contributed by atoms with Gasteiger partial charge in [-0.15, -0.1) is 34.1 Å². The molecule has 0 radical (unpaired) electrons. The van der Waals surface area contributed by atoms with Crippen LogP contribution >= 0.6 is 0 Å². The zero-order valence-electron chi connectivity index (χ0n) is 55.0. The molecule has 0 saturated carbocycles. The van der Waals surface area contributed by atoms with Crippen molar-refractivity contribution in [2.45, 2.75) is 85.5 Å². The number of aryl methyl sites for hydroxylation is 1. The molecule has 12 nitrogen and oxygen atoms in total. The number of benzene rings is 7. The van der Waals surface area contributed by atoms with Crippen molar-refractivity contribution in [2.24, 2.45) is 0 Å². The van der Waals surface area contributed by atoms with Crippen LogP contribution in [0.15, 0.2) is 212 Å². The van der Waals surface area contributed by atoms with E-state index in [1.807, 2.05) is 18.2 Å². The van der Waals surface area contributed by atoms with E-state index in [1.54, 1.807) is 0 Å². The molecule has 2 aliphatic heterocycles.